The molecule has 1 unspecified atom stereocenters. The SMILES string of the molecule is O=C(O)C(=NO)c1ccc(CC2CCOC2)s1. The van der Waals surface area contributed by atoms with Crippen molar-refractivity contribution in [2.75, 3.05) is 13.2 Å². The zero-order valence-corrected chi connectivity index (χ0v) is 9.94. The third-order valence-electron chi connectivity index (χ3n) is 2.71. The van der Waals surface area contributed by atoms with Gasteiger partial charge in [-0.25, -0.2) is 4.79 Å². The standard InChI is InChI=1S/C11H13NO4S/c13-11(14)10(12-15)9-2-1-8(17-9)5-7-3-4-16-6-7/h1-2,7,15H,3-6H2,(H,13,14). The number of nitrogens with zero attached hydrogens (tertiary/aromatic N) is 1. The van der Waals surface area contributed by atoms with Crippen LogP contribution in [0.15, 0.2) is 17.3 Å². The Morgan fingerprint density at radius 3 is 3.00 bits per heavy atom. The molecule has 2 N–H and O–H groups in total. The summed E-state index contributed by atoms with van der Waals surface area (Å²) in [6.07, 6.45) is 1.94. The van der Waals surface area contributed by atoms with Crippen LogP contribution in [-0.2, 0) is 16.0 Å². The number of hydrogen-bond donors (Lipinski definition) is 2. The lowest BCUT2D eigenvalue weighted by atomic mass is 10.0. The highest BCUT2D eigenvalue weighted by atomic mass is 32.1. The first-order valence-electron chi connectivity index (χ1n) is 5.33. The van der Waals surface area contributed by atoms with E-state index in [0.29, 0.717) is 10.8 Å². The molecule has 6 heteroatoms. The molecule has 1 fully saturated rings. The van der Waals surface area contributed by atoms with Gasteiger partial charge in [-0.2, -0.15) is 0 Å². The minimum Gasteiger partial charge on any atom is -0.476 e. The molecule has 2 heterocycles. The second-order valence-electron chi connectivity index (χ2n) is 3.95. The van der Waals surface area contributed by atoms with Crippen LogP contribution in [0.5, 0.6) is 0 Å². The normalized spacial score (nSPS) is 20.7. The molecule has 0 aliphatic carbocycles. The van der Waals surface area contributed by atoms with Crippen LogP contribution in [0, 0.1) is 5.92 Å². The van der Waals surface area contributed by atoms with Crippen LogP contribution in [0.4, 0.5) is 0 Å². The van der Waals surface area contributed by atoms with E-state index in [4.69, 9.17) is 15.1 Å². The number of ether oxygens (including phenoxy) is 1. The molecule has 1 aromatic heterocycles. The third-order valence-corrected chi connectivity index (χ3v) is 3.83. The summed E-state index contributed by atoms with van der Waals surface area (Å²) in [4.78, 5) is 12.4. The molecule has 5 nitrogen and oxygen atoms in total. The molecule has 1 aliphatic heterocycles. The van der Waals surface area contributed by atoms with E-state index >= 15 is 0 Å². The first kappa shape index (κ1) is 12.1. The van der Waals surface area contributed by atoms with Gasteiger partial charge in [0, 0.05) is 18.1 Å². The Hall–Kier alpha value is -1.40. The van der Waals surface area contributed by atoms with E-state index < -0.39 is 5.97 Å². The molecule has 1 aliphatic rings. The zero-order chi connectivity index (χ0) is 12.3. The summed E-state index contributed by atoms with van der Waals surface area (Å²) < 4.78 is 5.29. The highest BCUT2D eigenvalue weighted by Gasteiger charge is 2.19. The fourth-order valence-corrected chi connectivity index (χ4v) is 2.94. The lowest BCUT2D eigenvalue weighted by Gasteiger charge is -2.03. The smallest absolute Gasteiger partial charge is 0.359 e. The number of rotatable bonds is 4. The van der Waals surface area contributed by atoms with Crippen molar-refractivity contribution in [2.45, 2.75) is 12.8 Å². The maximum atomic E-state index is 10.8. The van der Waals surface area contributed by atoms with E-state index in [1.807, 2.05) is 6.07 Å². The molecule has 92 valence electrons. The van der Waals surface area contributed by atoms with Gasteiger partial charge in [0.1, 0.15) is 0 Å². The average Bonchev–Trinajstić information content (AvgIpc) is 2.91. The quantitative estimate of drug-likeness (QED) is 0.486. The van der Waals surface area contributed by atoms with Crippen molar-refractivity contribution < 1.29 is 19.8 Å². The van der Waals surface area contributed by atoms with Gasteiger partial charge in [-0.15, -0.1) is 11.3 Å². The largest absolute Gasteiger partial charge is 0.476 e. The van der Waals surface area contributed by atoms with Crippen molar-refractivity contribution in [1.29, 1.82) is 0 Å². The fourth-order valence-electron chi connectivity index (χ4n) is 1.84. The van der Waals surface area contributed by atoms with Gasteiger partial charge in [-0.1, -0.05) is 5.16 Å². The van der Waals surface area contributed by atoms with Gasteiger partial charge >= 0.3 is 5.97 Å². The van der Waals surface area contributed by atoms with Gasteiger partial charge in [-0.05, 0) is 30.9 Å². The van der Waals surface area contributed by atoms with Crippen molar-refractivity contribution in [1.82, 2.24) is 0 Å². The van der Waals surface area contributed by atoms with Gasteiger partial charge < -0.3 is 15.1 Å². The van der Waals surface area contributed by atoms with Crippen LogP contribution in [0.3, 0.4) is 0 Å². The van der Waals surface area contributed by atoms with Gasteiger partial charge in [0.25, 0.3) is 0 Å². The van der Waals surface area contributed by atoms with Crippen LogP contribution >= 0.6 is 11.3 Å². The van der Waals surface area contributed by atoms with Crippen molar-refractivity contribution in [3.05, 3.63) is 21.9 Å². The van der Waals surface area contributed by atoms with Crippen molar-refractivity contribution in [3.63, 3.8) is 0 Å². The summed E-state index contributed by atoms with van der Waals surface area (Å²) in [5.41, 5.74) is -0.302. The summed E-state index contributed by atoms with van der Waals surface area (Å²) in [7, 11) is 0. The monoisotopic (exact) mass is 255 g/mol. The minimum absolute atomic E-state index is 0.302. The van der Waals surface area contributed by atoms with Gasteiger partial charge in [-0.3, -0.25) is 0 Å². The highest BCUT2D eigenvalue weighted by molar-refractivity contribution is 7.14. The predicted molar refractivity (Wildman–Crippen MR) is 62.9 cm³/mol. The topological polar surface area (TPSA) is 79.1 Å². The molecule has 2 rings (SSSR count). The second-order valence-corrected chi connectivity index (χ2v) is 5.12. The summed E-state index contributed by atoms with van der Waals surface area (Å²) in [5, 5.41) is 20.3. The molecule has 17 heavy (non-hydrogen) atoms. The van der Waals surface area contributed by atoms with Gasteiger partial charge in [0.15, 0.2) is 0 Å². The molecule has 1 saturated heterocycles. The molecule has 0 aromatic carbocycles. The number of carboxylic acids is 1. The van der Waals surface area contributed by atoms with E-state index in [9.17, 15) is 4.79 Å². The highest BCUT2D eigenvalue weighted by Crippen LogP contribution is 2.24. The Balaban J connectivity index is 2.07. The predicted octanol–water partition coefficient (Wildman–Crippen LogP) is 1.59. The van der Waals surface area contributed by atoms with Crippen LogP contribution < -0.4 is 0 Å². The molecule has 1 aromatic rings. The Labute approximate surface area is 102 Å². The Kier molecular flexibility index (Phi) is 3.75. The lowest BCUT2D eigenvalue weighted by molar-refractivity contribution is -0.129. The van der Waals surface area contributed by atoms with Crippen molar-refractivity contribution in [2.24, 2.45) is 11.1 Å². The van der Waals surface area contributed by atoms with E-state index in [0.717, 1.165) is 30.9 Å². The van der Waals surface area contributed by atoms with Gasteiger partial charge in [0.05, 0.1) is 4.88 Å². The van der Waals surface area contributed by atoms with E-state index in [-0.39, 0.29) is 5.71 Å². The minimum atomic E-state index is -1.22. The maximum Gasteiger partial charge on any atom is 0.359 e. The summed E-state index contributed by atoms with van der Waals surface area (Å²) in [5.74, 6) is -0.703. The zero-order valence-electron chi connectivity index (χ0n) is 9.13. The molecule has 0 radical (unpaired) electrons. The van der Waals surface area contributed by atoms with E-state index in [2.05, 4.69) is 5.16 Å². The molecular formula is C11H13NO4S. The summed E-state index contributed by atoms with van der Waals surface area (Å²) in [6, 6.07) is 3.56. The fraction of sp³-hybridized carbons (Fsp3) is 0.455. The van der Waals surface area contributed by atoms with Crippen LogP contribution in [0.25, 0.3) is 0 Å². The second kappa shape index (κ2) is 5.29. The number of carboxylic acid groups (broad SMARTS) is 1. The Morgan fingerprint density at radius 2 is 2.41 bits per heavy atom. The number of hydrogen-bond acceptors (Lipinski definition) is 5. The first-order valence-corrected chi connectivity index (χ1v) is 6.14. The molecular weight excluding hydrogens is 242 g/mol. The number of oxime groups is 1. The number of carbonyl (C=O) groups is 1. The summed E-state index contributed by atoms with van der Waals surface area (Å²) >= 11 is 1.35. The first-order chi connectivity index (χ1) is 8.20. The van der Waals surface area contributed by atoms with Crippen LogP contribution in [-0.4, -0.2) is 35.2 Å². The molecule has 0 bridgehead atoms. The Morgan fingerprint density at radius 1 is 1.59 bits per heavy atom. The Bertz CT molecular complexity index is 434. The maximum absolute atomic E-state index is 10.8. The molecule has 0 spiro atoms. The van der Waals surface area contributed by atoms with Crippen molar-refractivity contribution in [3.8, 4) is 0 Å². The van der Waals surface area contributed by atoms with E-state index in [1.165, 1.54) is 11.3 Å². The van der Waals surface area contributed by atoms with Gasteiger partial charge in [0.2, 0.25) is 5.71 Å². The molecule has 1 atom stereocenters. The number of thiophene rings is 1. The van der Waals surface area contributed by atoms with E-state index in [1.54, 1.807) is 6.07 Å². The third kappa shape index (κ3) is 2.83. The van der Waals surface area contributed by atoms with Crippen molar-refractivity contribution >= 4 is 23.0 Å². The molecule has 0 amide bonds. The number of aliphatic carboxylic acids is 1. The van der Waals surface area contributed by atoms with Crippen LogP contribution in [0.2, 0.25) is 0 Å². The summed E-state index contributed by atoms with van der Waals surface area (Å²) in [6.45, 7) is 1.58. The van der Waals surface area contributed by atoms with Crippen LogP contribution in [0.1, 0.15) is 16.2 Å². The average molecular weight is 255 g/mol. The lowest BCUT2D eigenvalue weighted by Crippen LogP contribution is -2.12. The molecule has 0 saturated carbocycles.